The average molecular weight is 418 g/mol. The highest BCUT2D eigenvalue weighted by Gasteiger charge is 2.30. The monoisotopic (exact) mass is 418 g/mol. The summed E-state index contributed by atoms with van der Waals surface area (Å²) in [5.41, 5.74) is -3.00. The van der Waals surface area contributed by atoms with Gasteiger partial charge in [-0.15, -0.1) is 0 Å². The number of amides is 1. The lowest BCUT2D eigenvalue weighted by Gasteiger charge is -2.28. The molecule has 1 aromatic carbocycles. The molecule has 0 heterocycles. The second kappa shape index (κ2) is 10.5. The van der Waals surface area contributed by atoms with E-state index in [1.807, 2.05) is 21.1 Å². The third kappa shape index (κ3) is 9.05. The van der Waals surface area contributed by atoms with Crippen molar-refractivity contribution in [3.05, 3.63) is 42.5 Å². The van der Waals surface area contributed by atoms with E-state index in [1.54, 1.807) is 0 Å². The van der Waals surface area contributed by atoms with Crippen LogP contribution in [0.15, 0.2) is 12.1 Å². The van der Waals surface area contributed by atoms with Crippen LogP contribution in [0.3, 0.4) is 0 Å². The van der Waals surface area contributed by atoms with Gasteiger partial charge in [-0.1, -0.05) is 0 Å². The summed E-state index contributed by atoms with van der Waals surface area (Å²) in [4.78, 5) is 48.3. The Hall–Kier alpha value is -3.88. The minimum absolute atomic E-state index is 0.0335. The highest BCUT2D eigenvalue weighted by molar-refractivity contribution is 5.68. The number of carbonyl (C=O) groups excluding carboxylic acids is 1. The van der Waals surface area contributed by atoms with Gasteiger partial charge in [0.1, 0.15) is 0 Å². The Labute approximate surface area is 163 Å². The van der Waals surface area contributed by atoms with Crippen LogP contribution in [0.25, 0.3) is 0 Å². The molecule has 1 aromatic rings. The van der Waals surface area contributed by atoms with Crippen LogP contribution in [0, 0.1) is 30.3 Å². The van der Waals surface area contributed by atoms with Crippen molar-refractivity contribution in [1.82, 2.24) is 5.32 Å². The van der Waals surface area contributed by atoms with Crippen LogP contribution in [0.2, 0.25) is 0 Å². The van der Waals surface area contributed by atoms with Gasteiger partial charge in [0.25, 0.3) is 11.4 Å². The Morgan fingerprint density at radius 1 is 1.10 bits per heavy atom. The third-order valence-electron chi connectivity index (χ3n) is 3.15. The van der Waals surface area contributed by atoms with Crippen molar-refractivity contribution in [2.24, 2.45) is 0 Å². The summed E-state index contributed by atoms with van der Waals surface area (Å²) >= 11 is 0. The SMILES string of the molecule is C[N+](C)(C)C[C@H](CC(=O)O)NC=O.O=[N+]([O-])c1cc([N+](=O)[O-])c(O)c([N+](=O)[O-])c1. The fourth-order valence-electron chi connectivity index (χ4n) is 2.12. The molecule has 0 fully saturated rings. The lowest BCUT2D eigenvalue weighted by molar-refractivity contribution is -0.871. The Morgan fingerprint density at radius 2 is 1.55 bits per heavy atom. The van der Waals surface area contributed by atoms with Gasteiger partial charge >= 0.3 is 17.3 Å². The Morgan fingerprint density at radius 3 is 1.83 bits per heavy atom. The second-order valence-electron chi connectivity index (χ2n) is 6.66. The lowest BCUT2D eigenvalue weighted by Crippen LogP contribution is -2.47. The molecule has 0 radical (unpaired) electrons. The number of phenolic OH excluding ortho intramolecular Hbond substituents is 1. The predicted octanol–water partition coefficient (Wildman–Crippen LogP) is 0.399. The molecular formula is C14H20N5O10+. The molecule has 0 spiro atoms. The maximum atomic E-state index is 10.4. The molecule has 15 heteroatoms. The standard InChI is InChI=1S/C8H16N2O3.C6H3N3O7/c1-10(2,3)5-7(9-6-11)4-8(12)13;10-6-4(8(13)14)1-3(7(11)12)2-5(6)9(15)16/h6-7H,4-5H2,1-3H3,(H-,9,11,12,13);1-2,10H/p+1/t7-;/m0./s1. The second-order valence-corrected chi connectivity index (χ2v) is 6.66. The number of likely N-dealkylation sites (N-methyl/N-ethyl adjacent to an activating group) is 1. The smallest absolute Gasteiger partial charge is 0.324 e. The number of carboxylic acid groups (broad SMARTS) is 1. The number of benzene rings is 1. The van der Waals surface area contributed by atoms with Gasteiger partial charge in [-0.05, 0) is 0 Å². The highest BCUT2D eigenvalue weighted by Crippen LogP contribution is 2.38. The third-order valence-corrected chi connectivity index (χ3v) is 3.15. The van der Waals surface area contributed by atoms with Crippen LogP contribution in [-0.4, -0.2) is 75.6 Å². The van der Waals surface area contributed by atoms with Crippen LogP contribution in [-0.2, 0) is 9.59 Å². The van der Waals surface area contributed by atoms with E-state index in [0.29, 0.717) is 29.6 Å². The summed E-state index contributed by atoms with van der Waals surface area (Å²) in [6.45, 7) is 0.602. The van der Waals surface area contributed by atoms with Crippen LogP contribution < -0.4 is 5.32 Å². The first-order valence-electron chi connectivity index (χ1n) is 7.71. The maximum Gasteiger partial charge on any atom is 0.324 e. The van der Waals surface area contributed by atoms with Gasteiger partial charge in [-0.2, -0.15) is 0 Å². The number of carbonyl (C=O) groups is 2. The van der Waals surface area contributed by atoms with Gasteiger partial charge in [0.2, 0.25) is 6.41 Å². The number of quaternary nitrogens is 1. The van der Waals surface area contributed by atoms with E-state index in [9.17, 15) is 39.9 Å². The number of nitrogens with one attached hydrogen (secondary N) is 1. The fourth-order valence-corrected chi connectivity index (χ4v) is 2.12. The molecule has 1 atom stereocenters. The van der Waals surface area contributed by atoms with Gasteiger partial charge in [0, 0.05) is 0 Å². The molecule has 0 bridgehead atoms. The molecule has 0 aliphatic heterocycles. The number of hydrogen-bond donors (Lipinski definition) is 3. The molecule has 0 saturated heterocycles. The minimum Gasteiger partial charge on any atom is -0.497 e. The van der Waals surface area contributed by atoms with Crippen LogP contribution in [0.4, 0.5) is 17.1 Å². The maximum absolute atomic E-state index is 10.4. The Balaban J connectivity index is 0.000000555. The zero-order chi connectivity index (χ0) is 22.9. The predicted molar refractivity (Wildman–Crippen MR) is 96.2 cm³/mol. The number of rotatable bonds is 9. The van der Waals surface area contributed by atoms with Crippen LogP contribution in [0.1, 0.15) is 6.42 Å². The first kappa shape index (κ1) is 25.1. The van der Waals surface area contributed by atoms with Crippen LogP contribution in [0.5, 0.6) is 5.75 Å². The number of aliphatic carboxylic acids is 1. The van der Waals surface area contributed by atoms with E-state index in [4.69, 9.17) is 10.2 Å². The summed E-state index contributed by atoms with van der Waals surface area (Å²) in [5.74, 6) is -2.10. The first-order chi connectivity index (χ1) is 13.2. The minimum atomic E-state index is -1.21. The zero-order valence-corrected chi connectivity index (χ0v) is 15.7. The normalized spacial score (nSPS) is 11.4. The van der Waals surface area contributed by atoms with Crippen molar-refractivity contribution < 1.29 is 39.1 Å². The van der Waals surface area contributed by atoms with Crippen molar-refractivity contribution in [2.75, 3.05) is 27.7 Å². The Kier molecular flexibility index (Phi) is 9.05. The zero-order valence-electron chi connectivity index (χ0n) is 15.7. The number of aromatic hydroxyl groups is 1. The molecule has 0 saturated carbocycles. The molecule has 0 aromatic heterocycles. The largest absolute Gasteiger partial charge is 0.497 e. The highest BCUT2D eigenvalue weighted by atomic mass is 16.6. The van der Waals surface area contributed by atoms with Crippen molar-refractivity contribution in [2.45, 2.75) is 12.5 Å². The quantitative estimate of drug-likeness (QED) is 0.217. The van der Waals surface area contributed by atoms with Gasteiger partial charge in [0.15, 0.2) is 0 Å². The first-order valence-corrected chi connectivity index (χ1v) is 7.71. The van der Waals surface area contributed by atoms with Crippen LogP contribution >= 0.6 is 0 Å². The van der Waals surface area contributed by atoms with E-state index in [2.05, 4.69) is 5.32 Å². The van der Waals surface area contributed by atoms with E-state index >= 15 is 0 Å². The lowest BCUT2D eigenvalue weighted by atomic mass is 10.2. The molecule has 160 valence electrons. The van der Waals surface area contributed by atoms with Gasteiger partial charge in [-0.3, -0.25) is 39.9 Å². The van der Waals surface area contributed by atoms with Gasteiger partial charge in [-0.25, -0.2) is 0 Å². The number of nitrogens with zero attached hydrogens (tertiary/aromatic N) is 4. The molecular weight excluding hydrogens is 398 g/mol. The number of nitro benzene ring substituents is 3. The number of carboxylic acids is 1. The van der Waals surface area contributed by atoms with E-state index in [-0.39, 0.29) is 12.5 Å². The van der Waals surface area contributed by atoms with Crippen molar-refractivity contribution in [3.63, 3.8) is 0 Å². The summed E-state index contributed by atoms with van der Waals surface area (Å²) < 4.78 is 0.624. The Bertz CT molecular complexity index is 769. The molecule has 0 aliphatic rings. The van der Waals surface area contributed by atoms with Crippen molar-refractivity contribution >= 4 is 29.4 Å². The molecule has 15 nitrogen and oxygen atoms in total. The fraction of sp³-hybridized carbons (Fsp3) is 0.429. The summed E-state index contributed by atoms with van der Waals surface area (Å²) in [7, 11) is 5.84. The molecule has 3 N–H and O–H groups in total. The average Bonchev–Trinajstić information content (AvgIpc) is 2.52. The molecule has 1 rings (SSSR count). The molecule has 1 amide bonds. The topological polar surface area (TPSA) is 216 Å². The van der Waals surface area contributed by atoms with E-state index < -0.39 is 43.6 Å². The summed E-state index contributed by atoms with van der Waals surface area (Å²) in [6.07, 6.45) is 0.511. The number of hydrogen-bond acceptors (Lipinski definition) is 9. The van der Waals surface area contributed by atoms with Crippen molar-refractivity contribution in [1.29, 1.82) is 0 Å². The van der Waals surface area contributed by atoms with Gasteiger partial charge in [0.05, 0.1) is 67.1 Å². The van der Waals surface area contributed by atoms with Gasteiger partial charge < -0.3 is 20.0 Å². The number of non-ortho nitro benzene ring substituents is 1. The van der Waals surface area contributed by atoms with E-state index in [1.165, 1.54) is 0 Å². The molecule has 0 aliphatic carbocycles. The summed E-state index contributed by atoms with van der Waals surface area (Å²) in [6, 6.07) is 0.597. The van der Waals surface area contributed by atoms with E-state index in [0.717, 1.165) is 0 Å². The molecule has 29 heavy (non-hydrogen) atoms. The summed E-state index contributed by atoms with van der Waals surface area (Å²) in [5, 5.41) is 51.3. The number of phenols is 1. The molecule has 0 unspecified atom stereocenters. The number of nitro groups is 3. The van der Waals surface area contributed by atoms with Crippen molar-refractivity contribution in [3.8, 4) is 5.75 Å².